The molecule has 0 aliphatic heterocycles. The molecule has 1 rings (SSSR count). The lowest BCUT2D eigenvalue weighted by Gasteiger charge is -2.03. The van der Waals surface area contributed by atoms with E-state index in [0.29, 0.717) is 12.5 Å². The molecule has 1 N–H and O–H groups in total. The van der Waals surface area contributed by atoms with E-state index in [0.717, 1.165) is 6.54 Å². The summed E-state index contributed by atoms with van der Waals surface area (Å²) in [6.07, 6.45) is 1.76. The Morgan fingerprint density at radius 1 is 1.58 bits per heavy atom. The van der Waals surface area contributed by atoms with E-state index in [1.165, 1.54) is 5.56 Å². The summed E-state index contributed by atoms with van der Waals surface area (Å²) in [6, 6.07) is 3.92. The molecule has 1 aromatic rings. The van der Waals surface area contributed by atoms with E-state index < -0.39 is 0 Å². The van der Waals surface area contributed by atoms with Crippen LogP contribution in [0.15, 0.2) is 18.3 Å². The van der Waals surface area contributed by atoms with Crippen LogP contribution in [0.3, 0.4) is 0 Å². The van der Waals surface area contributed by atoms with Gasteiger partial charge in [0.1, 0.15) is 0 Å². The fourth-order valence-electron chi connectivity index (χ4n) is 0.991. The van der Waals surface area contributed by atoms with E-state index in [9.17, 15) is 0 Å². The van der Waals surface area contributed by atoms with Gasteiger partial charge in [-0.1, -0.05) is 0 Å². The van der Waals surface area contributed by atoms with E-state index in [-0.39, 0.29) is 0 Å². The third kappa shape index (κ3) is 2.51. The van der Waals surface area contributed by atoms with Gasteiger partial charge in [0, 0.05) is 18.8 Å². The highest BCUT2D eigenvalue weighted by molar-refractivity contribution is 5.20. The van der Waals surface area contributed by atoms with E-state index in [4.69, 9.17) is 4.74 Å². The molecule has 0 amide bonds. The number of hydrogen-bond donors (Lipinski definition) is 1. The van der Waals surface area contributed by atoms with Gasteiger partial charge in [-0.2, -0.15) is 0 Å². The molecule has 1 aromatic heterocycles. The fourth-order valence-corrected chi connectivity index (χ4v) is 0.991. The maximum absolute atomic E-state index is 5.25. The van der Waals surface area contributed by atoms with Gasteiger partial charge in [0.05, 0.1) is 6.61 Å². The highest BCUT2D eigenvalue weighted by Crippen LogP contribution is 2.08. The number of pyridine rings is 1. The zero-order chi connectivity index (χ0) is 8.81. The summed E-state index contributed by atoms with van der Waals surface area (Å²) < 4.78 is 5.25. The molecule has 0 aliphatic rings. The lowest BCUT2D eigenvalue weighted by molar-refractivity contribution is 0.326. The molecule has 0 aromatic carbocycles. The zero-order valence-electron chi connectivity index (χ0n) is 7.50. The molecule has 66 valence electrons. The first-order valence-electron chi connectivity index (χ1n) is 4.09. The van der Waals surface area contributed by atoms with E-state index in [2.05, 4.69) is 10.3 Å². The Labute approximate surface area is 72.8 Å². The highest BCUT2D eigenvalue weighted by atomic mass is 16.5. The number of nitrogens with one attached hydrogen (secondary N) is 1. The average molecular weight is 166 g/mol. The topological polar surface area (TPSA) is 34.1 Å². The van der Waals surface area contributed by atoms with Crippen molar-refractivity contribution in [1.29, 1.82) is 0 Å². The number of rotatable bonds is 4. The molecule has 0 atom stereocenters. The minimum atomic E-state index is 0.663. The van der Waals surface area contributed by atoms with Crippen LogP contribution >= 0.6 is 0 Å². The number of nitrogens with zero attached hydrogens (tertiary/aromatic N) is 1. The Kier molecular flexibility index (Phi) is 3.54. The summed E-state index contributed by atoms with van der Waals surface area (Å²) in [6.45, 7) is 3.46. The van der Waals surface area contributed by atoms with Gasteiger partial charge >= 0.3 is 0 Å². The van der Waals surface area contributed by atoms with Crippen molar-refractivity contribution in [3.8, 4) is 5.88 Å². The van der Waals surface area contributed by atoms with E-state index in [1.54, 1.807) is 6.20 Å². The lowest BCUT2D eigenvalue weighted by atomic mass is 10.3. The highest BCUT2D eigenvalue weighted by Gasteiger charge is 1.95. The van der Waals surface area contributed by atoms with Crippen LogP contribution in [0.1, 0.15) is 12.5 Å². The molecule has 0 unspecified atom stereocenters. The number of aromatic nitrogens is 1. The van der Waals surface area contributed by atoms with Crippen LogP contribution in [0.5, 0.6) is 5.88 Å². The smallest absolute Gasteiger partial charge is 0.213 e. The third-order valence-corrected chi connectivity index (χ3v) is 1.47. The largest absolute Gasteiger partial charge is 0.478 e. The van der Waals surface area contributed by atoms with E-state index >= 15 is 0 Å². The molecule has 0 saturated heterocycles. The summed E-state index contributed by atoms with van der Waals surface area (Å²) in [5.41, 5.74) is 1.19. The second-order valence-corrected chi connectivity index (χ2v) is 2.47. The van der Waals surface area contributed by atoms with Crippen molar-refractivity contribution in [2.75, 3.05) is 13.7 Å². The van der Waals surface area contributed by atoms with Crippen LogP contribution < -0.4 is 10.1 Å². The van der Waals surface area contributed by atoms with Crippen molar-refractivity contribution in [3.05, 3.63) is 23.9 Å². The Balaban J connectivity index is 2.67. The summed E-state index contributed by atoms with van der Waals surface area (Å²) in [4.78, 5) is 4.06. The standard InChI is InChI=1S/C9H14N2O/c1-3-12-9-6-8(7-10-2)4-5-11-9/h4-6,10H,3,7H2,1-2H3. The van der Waals surface area contributed by atoms with Crippen molar-refractivity contribution in [2.24, 2.45) is 0 Å². The molecule has 0 radical (unpaired) electrons. The Morgan fingerprint density at radius 3 is 3.08 bits per heavy atom. The molecule has 3 nitrogen and oxygen atoms in total. The van der Waals surface area contributed by atoms with Crippen molar-refractivity contribution >= 4 is 0 Å². The van der Waals surface area contributed by atoms with Gasteiger partial charge in [0.25, 0.3) is 0 Å². The SMILES string of the molecule is CCOc1cc(CNC)ccn1. The fraction of sp³-hybridized carbons (Fsp3) is 0.444. The predicted molar refractivity (Wildman–Crippen MR) is 48.2 cm³/mol. The molecule has 0 fully saturated rings. The minimum Gasteiger partial charge on any atom is -0.478 e. The second kappa shape index (κ2) is 4.72. The van der Waals surface area contributed by atoms with Crippen LogP contribution in [0.4, 0.5) is 0 Å². The van der Waals surface area contributed by atoms with Crippen LogP contribution in [-0.4, -0.2) is 18.6 Å². The molecule has 1 heterocycles. The Hall–Kier alpha value is -1.09. The van der Waals surface area contributed by atoms with Gasteiger partial charge in [-0.05, 0) is 25.6 Å². The summed E-state index contributed by atoms with van der Waals surface area (Å²) in [5, 5.41) is 3.07. The first kappa shape index (κ1) is 9.00. The first-order chi connectivity index (χ1) is 5.86. The molecule has 3 heteroatoms. The zero-order valence-corrected chi connectivity index (χ0v) is 7.50. The summed E-state index contributed by atoms with van der Waals surface area (Å²) in [7, 11) is 1.92. The normalized spacial score (nSPS) is 9.83. The quantitative estimate of drug-likeness (QED) is 0.729. The average Bonchev–Trinajstić information content (AvgIpc) is 2.06. The predicted octanol–water partition coefficient (Wildman–Crippen LogP) is 1.20. The van der Waals surface area contributed by atoms with Gasteiger partial charge in [-0.3, -0.25) is 0 Å². The maximum atomic E-state index is 5.25. The Morgan fingerprint density at radius 2 is 2.42 bits per heavy atom. The maximum Gasteiger partial charge on any atom is 0.213 e. The van der Waals surface area contributed by atoms with Crippen LogP contribution in [-0.2, 0) is 6.54 Å². The van der Waals surface area contributed by atoms with Crippen LogP contribution in [0, 0.1) is 0 Å². The van der Waals surface area contributed by atoms with Gasteiger partial charge in [-0.25, -0.2) is 4.98 Å². The van der Waals surface area contributed by atoms with Gasteiger partial charge in [0.15, 0.2) is 0 Å². The second-order valence-electron chi connectivity index (χ2n) is 2.47. The molecule has 0 aliphatic carbocycles. The molecule has 0 spiro atoms. The third-order valence-electron chi connectivity index (χ3n) is 1.47. The monoisotopic (exact) mass is 166 g/mol. The van der Waals surface area contributed by atoms with Gasteiger partial charge in [-0.15, -0.1) is 0 Å². The van der Waals surface area contributed by atoms with Crippen LogP contribution in [0.25, 0.3) is 0 Å². The molecular formula is C9H14N2O. The van der Waals surface area contributed by atoms with Crippen LogP contribution in [0.2, 0.25) is 0 Å². The molecular weight excluding hydrogens is 152 g/mol. The minimum absolute atomic E-state index is 0.663. The van der Waals surface area contributed by atoms with E-state index in [1.807, 2.05) is 26.1 Å². The Bertz CT molecular complexity index is 216. The number of hydrogen-bond acceptors (Lipinski definition) is 3. The first-order valence-corrected chi connectivity index (χ1v) is 4.09. The van der Waals surface area contributed by atoms with Gasteiger partial charge in [0.2, 0.25) is 5.88 Å². The number of ether oxygens (including phenoxy) is 1. The summed E-state index contributed by atoms with van der Waals surface area (Å²) in [5.74, 6) is 0.699. The van der Waals surface area contributed by atoms with Gasteiger partial charge < -0.3 is 10.1 Å². The summed E-state index contributed by atoms with van der Waals surface area (Å²) >= 11 is 0. The molecule has 0 bridgehead atoms. The van der Waals surface area contributed by atoms with Crippen molar-refractivity contribution in [3.63, 3.8) is 0 Å². The van der Waals surface area contributed by atoms with Crippen molar-refractivity contribution < 1.29 is 4.74 Å². The van der Waals surface area contributed by atoms with Crippen molar-refractivity contribution in [2.45, 2.75) is 13.5 Å². The lowest BCUT2D eigenvalue weighted by Crippen LogP contribution is -2.05. The molecule has 0 saturated carbocycles. The van der Waals surface area contributed by atoms with Crippen molar-refractivity contribution in [1.82, 2.24) is 10.3 Å². The molecule has 12 heavy (non-hydrogen) atoms.